The average Bonchev–Trinajstić information content (AvgIpc) is 2.86. The summed E-state index contributed by atoms with van der Waals surface area (Å²) in [5, 5.41) is 3.52. The average molecular weight is 268 g/mol. The molecule has 1 heterocycles. The lowest BCUT2D eigenvalue weighted by Gasteiger charge is -2.19. The van der Waals surface area contributed by atoms with Crippen molar-refractivity contribution < 1.29 is 8.81 Å². The highest BCUT2D eigenvalue weighted by Gasteiger charge is 2.14. The van der Waals surface area contributed by atoms with Crippen molar-refractivity contribution in [2.75, 3.05) is 0 Å². The van der Waals surface area contributed by atoms with Gasteiger partial charge in [-0.25, -0.2) is 4.39 Å². The van der Waals surface area contributed by atoms with Crippen LogP contribution in [0.4, 0.5) is 4.39 Å². The van der Waals surface area contributed by atoms with E-state index in [0.29, 0.717) is 0 Å². The first-order valence-electron chi connectivity index (χ1n) is 5.82. The molecule has 18 heavy (non-hydrogen) atoms. The molecule has 0 fully saturated rings. The molecule has 0 aliphatic carbocycles. The van der Waals surface area contributed by atoms with Gasteiger partial charge < -0.3 is 9.73 Å². The van der Waals surface area contributed by atoms with Crippen molar-refractivity contribution in [1.29, 1.82) is 0 Å². The molecule has 0 saturated heterocycles. The molecule has 0 radical (unpaired) electrons. The Kier molecular flexibility index (Phi) is 4.04. The van der Waals surface area contributed by atoms with Crippen molar-refractivity contribution in [2.24, 2.45) is 0 Å². The molecule has 1 unspecified atom stereocenters. The second-order valence-corrected chi connectivity index (χ2v) is 4.71. The van der Waals surface area contributed by atoms with Crippen molar-refractivity contribution >= 4 is 11.6 Å². The molecular formula is C14H15ClFNO. The maximum Gasteiger partial charge on any atom is 0.141 e. The zero-order chi connectivity index (χ0) is 13.1. The van der Waals surface area contributed by atoms with Crippen LogP contribution in [0.15, 0.2) is 41.0 Å². The number of hydrogen-bond donors (Lipinski definition) is 1. The molecule has 1 N–H and O–H groups in total. The molecule has 2 rings (SSSR count). The SMILES string of the molecule is CC(N[C@H](C)c1ccco1)c1ccc(F)c(Cl)c1. The molecule has 0 amide bonds. The summed E-state index contributed by atoms with van der Waals surface area (Å²) in [5.41, 5.74) is 0.944. The minimum Gasteiger partial charge on any atom is -0.468 e. The van der Waals surface area contributed by atoms with Gasteiger partial charge in [0.1, 0.15) is 11.6 Å². The summed E-state index contributed by atoms with van der Waals surface area (Å²) >= 11 is 5.77. The topological polar surface area (TPSA) is 25.2 Å². The van der Waals surface area contributed by atoms with Crippen molar-refractivity contribution in [3.05, 3.63) is 58.8 Å². The van der Waals surface area contributed by atoms with Gasteiger partial charge in [0.2, 0.25) is 0 Å². The number of nitrogens with one attached hydrogen (secondary N) is 1. The number of furan rings is 1. The Morgan fingerprint density at radius 1 is 1.22 bits per heavy atom. The highest BCUT2D eigenvalue weighted by Crippen LogP contribution is 2.23. The van der Waals surface area contributed by atoms with E-state index >= 15 is 0 Å². The molecule has 2 aromatic rings. The van der Waals surface area contributed by atoms with Crippen LogP contribution in [-0.2, 0) is 0 Å². The van der Waals surface area contributed by atoms with Gasteiger partial charge in [0.05, 0.1) is 17.3 Å². The lowest BCUT2D eigenvalue weighted by molar-refractivity contribution is 0.403. The van der Waals surface area contributed by atoms with Crippen LogP contribution in [-0.4, -0.2) is 0 Å². The molecule has 0 aliphatic heterocycles. The van der Waals surface area contributed by atoms with Gasteiger partial charge in [-0.15, -0.1) is 0 Å². The molecule has 0 aliphatic rings. The lowest BCUT2D eigenvalue weighted by Crippen LogP contribution is -2.22. The maximum absolute atomic E-state index is 13.1. The third-order valence-corrected chi connectivity index (χ3v) is 3.20. The Morgan fingerprint density at radius 3 is 2.61 bits per heavy atom. The molecular weight excluding hydrogens is 253 g/mol. The maximum atomic E-state index is 13.1. The van der Waals surface area contributed by atoms with E-state index in [9.17, 15) is 4.39 Å². The van der Waals surface area contributed by atoms with Gasteiger partial charge in [0, 0.05) is 6.04 Å². The van der Waals surface area contributed by atoms with Crippen molar-refractivity contribution in [3.63, 3.8) is 0 Å². The minimum absolute atomic E-state index is 0.0585. The molecule has 2 nitrogen and oxygen atoms in total. The fourth-order valence-corrected chi connectivity index (χ4v) is 2.06. The monoisotopic (exact) mass is 267 g/mol. The second kappa shape index (κ2) is 5.55. The van der Waals surface area contributed by atoms with Crippen LogP contribution in [0.1, 0.15) is 37.3 Å². The molecule has 0 saturated carbocycles. The summed E-state index contributed by atoms with van der Waals surface area (Å²) in [7, 11) is 0. The molecule has 1 aromatic carbocycles. The number of hydrogen-bond acceptors (Lipinski definition) is 2. The Balaban J connectivity index is 2.07. The Morgan fingerprint density at radius 2 is 2.00 bits per heavy atom. The van der Waals surface area contributed by atoms with Crippen LogP contribution in [0.3, 0.4) is 0 Å². The van der Waals surface area contributed by atoms with E-state index in [1.807, 2.05) is 26.0 Å². The van der Waals surface area contributed by atoms with Gasteiger partial charge in [-0.2, -0.15) is 0 Å². The first-order chi connectivity index (χ1) is 8.58. The molecule has 1 aromatic heterocycles. The number of benzene rings is 1. The molecule has 0 spiro atoms. The highest BCUT2D eigenvalue weighted by molar-refractivity contribution is 6.30. The zero-order valence-corrected chi connectivity index (χ0v) is 11.0. The van der Waals surface area contributed by atoms with E-state index in [1.54, 1.807) is 18.4 Å². The summed E-state index contributed by atoms with van der Waals surface area (Å²) < 4.78 is 18.4. The normalized spacial score (nSPS) is 14.4. The summed E-state index contributed by atoms with van der Waals surface area (Å²) in [6.07, 6.45) is 1.65. The van der Waals surface area contributed by atoms with Crippen LogP contribution < -0.4 is 5.32 Å². The van der Waals surface area contributed by atoms with Crippen molar-refractivity contribution in [3.8, 4) is 0 Å². The van der Waals surface area contributed by atoms with Crippen molar-refractivity contribution in [1.82, 2.24) is 5.32 Å². The molecule has 0 bridgehead atoms. The largest absolute Gasteiger partial charge is 0.468 e. The standard InChI is InChI=1S/C14H15ClFNO/c1-9(11-5-6-13(16)12(15)8-11)17-10(2)14-4-3-7-18-14/h3-10,17H,1-2H3/t9?,10-/m1/s1. The Hall–Kier alpha value is -1.32. The summed E-state index contributed by atoms with van der Waals surface area (Å²) in [4.78, 5) is 0. The van der Waals surface area contributed by atoms with Gasteiger partial charge >= 0.3 is 0 Å². The summed E-state index contributed by atoms with van der Waals surface area (Å²) in [6.45, 7) is 4.02. The van der Waals surface area contributed by atoms with E-state index in [1.165, 1.54) is 6.07 Å². The van der Waals surface area contributed by atoms with E-state index in [4.69, 9.17) is 16.0 Å². The summed E-state index contributed by atoms with van der Waals surface area (Å²) in [5.74, 6) is 0.474. The number of rotatable bonds is 4. The van der Waals surface area contributed by atoms with Crippen LogP contribution in [0.2, 0.25) is 5.02 Å². The predicted molar refractivity (Wildman–Crippen MR) is 70.1 cm³/mol. The molecule has 2 atom stereocenters. The van der Waals surface area contributed by atoms with E-state index in [0.717, 1.165) is 11.3 Å². The fourth-order valence-electron chi connectivity index (χ4n) is 1.87. The van der Waals surface area contributed by atoms with E-state index in [-0.39, 0.29) is 17.1 Å². The van der Waals surface area contributed by atoms with E-state index < -0.39 is 5.82 Å². The fraction of sp³-hybridized carbons (Fsp3) is 0.286. The first kappa shape index (κ1) is 13.1. The van der Waals surface area contributed by atoms with Gasteiger partial charge in [-0.3, -0.25) is 0 Å². The Labute approximate surface area is 111 Å². The minimum atomic E-state index is -0.397. The van der Waals surface area contributed by atoms with Crippen LogP contribution >= 0.6 is 11.6 Å². The first-order valence-corrected chi connectivity index (χ1v) is 6.20. The smallest absolute Gasteiger partial charge is 0.141 e. The third-order valence-electron chi connectivity index (χ3n) is 2.91. The second-order valence-electron chi connectivity index (χ2n) is 4.30. The zero-order valence-electron chi connectivity index (χ0n) is 10.3. The number of halogens is 2. The van der Waals surface area contributed by atoms with Crippen molar-refractivity contribution in [2.45, 2.75) is 25.9 Å². The molecule has 96 valence electrons. The van der Waals surface area contributed by atoms with Gasteiger partial charge in [-0.1, -0.05) is 17.7 Å². The van der Waals surface area contributed by atoms with Crippen LogP contribution in [0.5, 0.6) is 0 Å². The Bertz CT molecular complexity index is 513. The van der Waals surface area contributed by atoms with Crippen LogP contribution in [0, 0.1) is 5.82 Å². The highest BCUT2D eigenvalue weighted by atomic mass is 35.5. The lowest BCUT2D eigenvalue weighted by atomic mass is 10.1. The molecule has 4 heteroatoms. The van der Waals surface area contributed by atoms with Gasteiger partial charge in [-0.05, 0) is 43.7 Å². The quantitative estimate of drug-likeness (QED) is 0.883. The third kappa shape index (κ3) is 2.92. The summed E-state index contributed by atoms with van der Waals surface area (Å²) in [6, 6.07) is 8.67. The van der Waals surface area contributed by atoms with E-state index in [2.05, 4.69) is 5.32 Å². The van der Waals surface area contributed by atoms with Gasteiger partial charge in [0.15, 0.2) is 0 Å². The van der Waals surface area contributed by atoms with Crippen LogP contribution in [0.25, 0.3) is 0 Å². The van der Waals surface area contributed by atoms with Gasteiger partial charge in [0.25, 0.3) is 0 Å². The predicted octanol–water partition coefficient (Wildman–Crippen LogP) is 4.48.